The van der Waals surface area contributed by atoms with Gasteiger partial charge in [-0.2, -0.15) is 0 Å². The molecule has 0 bridgehead atoms. The monoisotopic (exact) mass is 338 g/mol. The van der Waals surface area contributed by atoms with E-state index in [0.29, 0.717) is 22.1 Å². The highest BCUT2D eigenvalue weighted by Gasteiger charge is 2.12. The van der Waals surface area contributed by atoms with E-state index in [1.165, 1.54) is 18.3 Å². The number of pyridine rings is 1. The van der Waals surface area contributed by atoms with E-state index in [1.807, 2.05) is 12.1 Å². The molecule has 3 aromatic rings. The SMILES string of the molecule is CC(=O)c1cccc(NC(=O)c2csc(Nc3cccnc3)n2)c1. The summed E-state index contributed by atoms with van der Waals surface area (Å²) in [5, 5.41) is 8.10. The number of aromatic nitrogens is 2. The van der Waals surface area contributed by atoms with Gasteiger partial charge in [0.25, 0.3) is 5.91 Å². The molecule has 120 valence electrons. The maximum absolute atomic E-state index is 12.3. The fourth-order valence-electron chi connectivity index (χ4n) is 2.01. The molecule has 1 aromatic carbocycles. The number of thiazole rings is 1. The number of carbonyl (C=O) groups is 2. The zero-order chi connectivity index (χ0) is 16.9. The third kappa shape index (κ3) is 3.82. The van der Waals surface area contributed by atoms with Crippen LogP contribution >= 0.6 is 11.3 Å². The Hall–Kier alpha value is -3.06. The molecule has 0 aliphatic rings. The number of rotatable bonds is 5. The molecule has 1 amide bonds. The normalized spacial score (nSPS) is 10.2. The van der Waals surface area contributed by atoms with Crippen LogP contribution in [0.5, 0.6) is 0 Å². The smallest absolute Gasteiger partial charge is 0.275 e. The molecule has 3 rings (SSSR count). The number of Topliss-reactive ketones (excluding diaryl/α,β-unsaturated/α-hetero) is 1. The van der Waals surface area contributed by atoms with Crippen LogP contribution < -0.4 is 10.6 Å². The van der Waals surface area contributed by atoms with E-state index in [2.05, 4.69) is 20.6 Å². The van der Waals surface area contributed by atoms with E-state index in [0.717, 1.165) is 5.69 Å². The number of nitrogens with one attached hydrogen (secondary N) is 2. The largest absolute Gasteiger partial charge is 0.330 e. The number of anilines is 3. The first-order valence-corrected chi connectivity index (χ1v) is 8.05. The maximum Gasteiger partial charge on any atom is 0.275 e. The molecule has 0 spiro atoms. The van der Waals surface area contributed by atoms with Crippen LogP contribution in [-0.2, 0) is 0 Å². The van der Waals surface area contributed by atoms with Gasteiger partial charge in [-0.25, -0.2) is 4.98 Å². The molecular weight excluding hydrogens is 324 g/mol. The number of carbonyl (C=O) groups excluding carboxylic acids is 2. The molecule has 2 aromatic heterocycles. The molecule has 0 aliphatic heterocycles. The lowest BCUT2D eigenvalue weighted by molar-refractivity contribution is 0.100. The Morgan fingerprint density at radius 3 is 2.71 bits per heavy atom. The van der Waals surface area contributed by atoms with Gasteiger partial charge in [0.2, 0.25) is 0 Å². The van der Waals surface area contributed by atoms with E-state index in [4.69, 9.17) is 0 Å². The molecule has 0 saturated heterocycles. The minimum atomic E-state index is -0.328. The van der Waals surface area contributed by atoms with Crippen molar-refractivity contribution in [1.82, 2.24) is 9.97 Å². The van der Waals surface area contributed by atoms with Gasteiger partial charge in [-0.1, -0.05) is 12.1 Å². The Labute approximate surface area is 142 Å². The van der Waals surface area contributed by atoms with Gasteiger partial charge < -0.3 is 10.6 Å². The summed E-state index contributed by atoms with van der Waals surface area (Å²) in [6, 6.07) is 10.5. The summed E-state index contributed by atoms with van der Waals surface area (Å²) in [6.45, 7) is 1.48. The van der Waals surface area contributed by atoms with Crippen LogP contribution in [0.4, 0.5) is 16.5 Å². The fourth-order valence-corrected chi connectivity index (χ4v) is 2.72. The quantitative estimate of drug-likeness (QED) is 0.692. The van der Waals surface area contributed by atoms with Gasteiger partial charge in [0.1, 0.15) is 5.69 Å². The van der Waals surface area contributed by atoms with Crippen LogP contribution in [0.3, 0.4) is 0 Å². The van der Waals surface area contributed by atoms with Gasteiger partial charge in [-0.15, -0.1) is 11.3 Å². The van der Waals surface area contributed by atoms with Crippen LogP contribution in [0.25, 0.3) is 0 Å². The zero-order valence-electron chi connectivity index (χ0n) is 12.8. The van der Waals surface area contributed by atoms with Crippen molar-refractivity contribution in [2.75, 3.05) is 10.6 Å². The van der Waals surface area contributed by atoms with Gasteiger partial charge in [0, 0.05) is 22.8 Å². The average Bonchev–Trinajstić information content (AvgIpc) is 3.04. The standard InChI is InChI=1S/C17H14N4O2S/c1-11(22)12-4-2-5-13(8-12)19-16(23)15-10-24-17(21-15)20-14-6-3-7-18-9-14/h2-10H,1H3,(H,19,23)(H,20,21). The van der Waals surface area contributed by atoms with Crippen LogP contribution in [0.1, 0.15) is 27.8 Å². The summed E-state index contributed by atoms with van der Waals surface area (Å²) in [5.74, 6) is -0.381. The van der Waals surface area contributed by atoms with Crippen molar-refractivity contribution in [3.63, 3.8) is 0 Å². The Bertz CT molecular complexity index is 877. The van der Waals surface area contributed by atoms with Crippen molar-refractivity contribution >= 4 is 39.5 Å². The lowest BCUT2D eigenvalue weighted by Crippen LogP contribution is -2.12. The maximum atomic E-state index is 12.3. The third-order valence-corrected chi connectivity index (χ3v) is 3.93. The number of hydrogen-bond donors (Lipinski definition) is 2. The first-order chi connectivity index (χ1) is 11.6. The summed E-state index contributed by atoms with van der Waals surface area (Å²) in [5.41, 5.74) is 2.21. The molecule has 0 radical (unpaired) electrons. The van der Waals surface area contributed by atoms with Crippen molar-refractivity contribution in [3.05, 3.63) is 65.4 Å². The number of hydrogen-bond acceptors (Lipinski definition) is 6. The summed E-state index contributed by atoms with van der Waals surface area (Å²) >= 11 is 1.33. The Balaban J connectivity index is 1.70. The van der Waals surface area contributed by atoms with Gasteiger partial charge in [-0.3, -0.25) is 14.6 Å². The van der Waals surface area contributed by atoms with Crippen molar-refractivity contribution in [1.29, 1.82) is 0 Å². The minimum Gasteiger partial charge on any atom is -0.330 e. The number of nitrogens with zero attached hydrogens (tertiary/aromatic N) is 2. The molecule has 7 heteroatoms. The van der Waals surface area contributed by atoms with Gasteiger partial charge in [-0.05, 0) is 31.2 Å². The third-order valence-electron chi connectivity index (χ3n) is 3.18. The molecular formula is C17H14N4O2S. The summed E-state index contributed by atoms with van der Waals surface area (Å²) in [7, 11) is 0. The topological polar surface area (TPSA) is 84.0 Å². The molecule has 0 atom stereocenters. The van der Waals surface area contributed by atoms with E-state index in [1.54, 1.807) is 42.0 Å². The number of ketones is 1. The average molecular weight is 338 g/mol. The van der Waals surface area contributed by atoms with Crippen molar-refractivity contribution < 1.29 is 9.59 Å². The second-order valence-electron chi connectivity index (χ2n) is 5.00. The molecule has 6 nitrogen and oxygen atoms in total. The molecule has 24 heavy (non-hydrogen) atoms. The van der Waals surface area contributed by atoms with E-state index < -0.39 is 0 Å². The predicted octanol–water partition coefficient (Wildman–Crippen LogP) is 3.74. The fraction of sp³-hybridized carbons (Fsp3) is 0.0588. The Morgan fingerprint density at radius 1 is 1.12 bits per heavy atom. The van der Waals surface area contributed by atoms with Crippen molar-refractivity contribution in [3.8, 4) is 0 Å². The van der Waals surface area contributed by atoms with Gasteiger partial charge >= 0.3 is 0 Å². The summed E-state index contributed by atoms with van der Waals surface area (Å²) in [4.78, 5) is 31.9. The first kappa shape index (κ1) is 15.8. The molecule has 0 fully saturated rings. The minimum absolute atomic E-state index is 0.0530. The highest BCUT2D eigenvalue weighted by Crippen LogP contribution is 2.21. The highest BCUT2D eigenvalue weighted by molar-refractivity contribution is 7.14. The predicted molar refractivity (Wildman–Crippen MR) is 94.0 cm³/mol. The molecule has 0 unspecified atom stereocenters. The second-order valence-corrected chi connectivity index (χ2v) is 5.85. The van der Waals surface area contributed by atoms with Crippen LogP contribution in [0, 0.1) is 0 Å². The zero-order valence-corrected chi connectivity index (χ0v) is 13.6. The van der Waals surface area contributed by atoms with Crippen molar-refractivity contribution in [2.45, 2.75) is 6.92 Å². The highest BCUT2D eigenvalue weighted by atomic mass is 32.1. The van der Waals surface area contributed by atoms with Crippen LogP contribution in [0.2, 0.25) is 0 Å². The van der Waals surface area contributed by atoms with E-state index >= 15 is 0 Å². The molecule has 2 heterocycles. The van der Waals surface area contributed by atoms with E-state index in [-0.39, 0.29) is 11.7 Å². The molecule has 2 N–H and O–H groups in total. The van der Waals surface area contributed by atoms with E-state index in [9.17, 15) is 9.59 Å². The van der Waals surface area contributed by atoms with Crippen LogP contribution in [-0.4, -0.2) is 21.7 Å². The Kier molecular flexibility index (Phi) is 4.62. The van der Waals surface area contributed by atoms with Crippen molar-refractivity contribution in [2.24, 2.45) is 0 Å². The summed E-state index contributed by atoms with van der Waals surface area (Å²) in [6.07, 6.45) is 3.36. The first-order valence-electron chi connectivity index (χ1n) is 7.17. The number of benzene rings is 1. The van der Waals surface area contributed by atoms with Gasteiger partial charge in [0.05, 0.1) is 11.9 Å². The lowest BCUT2D eigenvalue weighted by atomic mass is 10.1. The lowest BCUT2D eigenvalue weighted by Gasteiger charge is -2.04. The number of amides is 1. The van der Waals surface area contributed by atoms with Gasteiger partial charge in [0.15, 0.2) is 10.9 Å². The Morgan fingerprint density at radius 2 is 1.96 bits per heavy atom. The second kappa shape index (κ2) is 7.01. The summed E-state index contributed by atoms with van der Waals surface area (Å²) < 4.78 is 0. The van der Waals surface area contributed by atoms with Crippen LogP contribution in [0.15, 0.2) is 54.2 Å². The molecule has 0 aliphatic carbocycles. The molecule has 0 saturated carbocycles.